The van der Waals surface area contributed by atoms with E-state index in [0.29, 0.717) is 22.8 Å². The van der Waals surface area contributed by atoms with Crippen LogP contribution >= 0.6 is 0 Å². The van der Waals surface area contributed by atoms with Crippen LogP contribution in [0.4, 0.5) is 29.3 Å². The predicted molar refractivity (Wildman–Crippen MR) is 104 cm³/mol. The molecule has 0 unspecified atom stereocenters. The molecule has 2 aromatic heterocycles. The molecule has 2 N–H and O–H groups in total. The molecule has 0 fully saturated rings. The van der Waals surface area contributed by atoms with E-state index in [0.717, 1.165) is 17.7 Å². The molecular weight excluding hydrogens is 399 g/mol. The van der Waals surface area contributed by atoms with Crippen molar-refractivity contribution < 1.29 is 22.7 Å². The lowest BCUT2D eigenvalue weighted by molar-refractivity contribution is -0.274. The van der Waals surface area contributed by atoms with Gasteiger partial charge in [-0.25, -0.2) is 14.8 Å². The van der Waals surface area contributed by atoms with Crippen molar-refractivity contribution in [3.8, 4) is 17.0 Å². The molecule has 10 heteroatoms. The third kappa shape index (κ3) is 4.66. The topological polar surface area (TPSA) is 80.5 Å². The number of imidazole rings is 1. The second kappa shape index (κ2) is 7.74. The summed E-state index contributed by atoms with van der Waals surface area (Å²) >= 11 is 0. The Morgan fingerprint density at radius 3 is 2.50 bits per heavy atom. The lowest BCUT2D eigenvalue weighted by Gasteiger charge is -2.11. The summed E-state index contributed by atoms with van der Waals surface area (Å²) in [7, 11) is 0. The Morgan fingerprint density at radius 2 is 1.77 bits per heavy atom. The Labute approximate surface area is 168 Å². The van der Waals surface area contributed by atoms with Gasteiger partial charge in [-0.2, -0.15) is 0 Å². The molecule has 0 aliphatic carbocycles. The molecule has 30 heavy (non-hydrogen) atoms. The minimum Gasteiger partial charge on any atom is -0.406 e. The Morgan fingerprint density at radius 1 is 1.00 bits per heavy atom. The molecule has 152 valence electrons. The van der Waals surface area contributed by atoms with E-state index in [2.05, 4.69) is 25.3 Å². The van der Waals surface area contributed by atoms with Crippen LogP contribution in [0, 0.1) is 0 Å². The molecule has 7 nitrogen and oxygen atoms in total. The van der Waals surface area contributed by atoms with Gasteiger partial charge in [0.25, 0.3) is 0 Å². The van der Waals surface area contributed by atoms with Crippen LogP contribution in [0.25, 0.3) is 17.0 Å². The molecular formula is C20H14F3N5O2. The Hall–Kier alpha value is -4.08. The SMILES string of the molecule is O=C(Nc1ccc(OC(F)(F)F)cc1)Nc1cccc(-c2cn3cccnc3n2)c1. The zero-order valence-electron chi connectivity index (χ0n) is 15.2. The van der Waals surface area contributed by atoms with E-state index >= 15 is 0 Å². The van der Waals surface area contributed by atoms with E-state index in [1.807, 2.05) is 18.5 Å². The zero-order chi connectivity index (χ0) is 21.1. The number of hydrogen-bond donors (Lipinski definition) is 2. The molecule has 0 saturated heterocycles. The number of urea groups is 1. The normalized spacial score (nSPS) is 11.3. The van der Waals surface area contributed by atoms with Gasteiger partial charge in [-0.3, -0.25) is 4.40 Å². The number of aromatic nitrogens is 3. The van der Waals surface area contributed by atoms with E-state index in [9.17, 15) is 18.0 Å². The lowest BCUT2D eigenvalue weighted by Crippen LogP contribution is -2.19. The highest BCUT2D eigenvalue weighted by atomic mass is 19.4. The summed E-state index contributed by atoms with van der Waals surface area (Å²) in [5.41, 5.74) is 2.31. The number of ether oxygens (including phenoxy) is 1. The lowest BCUT2D eigenvalue weighted by atomic mass is 10.1. The number of benzene rings is 2. The van der Waals surface area contributed by atoms with Crippen LogP contribution in [0.15, 0.2) is 73.2 Å². The molecule has 4 rings (SSSR count). The van der Waals surface area contributed by atoms with Crippen molar-refractivity contribution in [2.24, 2.45) is 0 Å². The van der Waals surface area contributed by atoms with Gasteiger partial charge in [0.05, 0.1) is 5.69 Å². The van der Waals surface area contributed by atoms with Crippen LogP contribution in [0.5, 0.6) is 5.75 Å². The van der Waals surface area contributed by atoms with Crippen molar-refractivity contribution in [3.63, 3.8) is 0 Å². The van der Waals surface area contributed by atoms with Gasteiger partial charge < -0.3 is 15.4 Å². The summed E-state index contributed by atoms with van der Waals surface area (Å²) in [6.07, 6.45) is 0.538. The minimum absolute atomic E-state index is 0.310. The molecule has 0 aliphatic rings. The van der Waals surface area contributed by atoms with Gasteiger partial charge in [0.2, 0.25) is 5.78 Å². The quantitative estimate of drug-likeness (QED) is 0.497. The molecule has 0 aliphatic heterocycles. The van der Waals surface area contributed by atoms with Crippen LogP contribution in [-0.4, -0.2) is 26.8 Å². The third-order valence-electron chi connectivity index (χ3n) is 4.00. The maximum Gasteiger partial charge on any atom is 0.573 e. The molecule has 0 saturated carbocycles. The summed E-state index contributed by atoms with van der Waals surface area (Å²) in [5.74, 6) is 0.185. The van der Waals surface area contributed by atoms with Gasteiger partial charge in [0.1, 0.15) is 5.75 Å². The number of rotatable bonds is 4. The number of halogens is 3. The van der Waals surface area contributed by atoms with Crippen molar-refractivity contribution in [3.05, 3.63) is 73.2 Å². The number of carbonyl (C=O) groups is 1. The van der Waals surface area contributed by atoms with E-state index < -0.39 is 12.4 Å². The van der Waals surface area contributed by atoms with Crippen LogP contribution in [0.2, 0.25) is 0 Å². The van der Waals surface area contributed by atoms with Crippen molar-refractivity contribution in [1.82, 2.24) is 14.4 Å². The van der Waals surface area contributed by atoms with Gasteiger partial charge in [0.15, 0.2) is 0 Å². The molecule has 0 atom stereocenters. The third-order valence-corrected chi connectivity index (χ3v) is 4.00. The summed E-state index contributed by atoms with van der Waals surface area (Å²) in [6, 6.07) is 13.2. The number of amides is 2. The number of carbonyl (C=O) groups excluding carboxylic acids is 1. The highest BCUT2D eigenvalue weighted by Crippen LogP contribution is 2.25. The van der Waals surface area contributed by atoms with Crippen molar-refractivity contribution >= 4 is 23.2 Å². The van der Waals surface area contributed by atoms with Gasteiger partial charge in [-0.15, -0.1) is 13.2 Å². The smallest absolute Gasteiger partial charge is 0.406 e. The van der Waals surface area contributed by atoms with Crippen molar-refractivity contribution in [1.29, 1.82) is 0 Å². The van der Waals surface area contributed by atoms with Crippen LogP contribution in [-0.2, 0) is 0 Å². The van der Waals surface area contributed by atoms with Gasteiger partial charge in [-0.1, -0.05) is 12.1 Å². The summed E-state index contributed by atoms with van der Waals surface area (Å²) in [5, 5.41) is 5.22. The molecule has 0 radical (unpaired) electrons. The molecule has 4 aromatic rings. The molecule has 0 spiro atoms. The van der Waals surface area contributed by atoms with E-state index in [4.69, 9.17) is 0 Å². The molecule has 2 heterocycles. The van der Waals surface area contributed by atoms with E-state index in [-0.39, 0.29) is 5.75 Å². The second-order valence-electron chi connectivity index (χ2n) is 6.19. The van der Waals surface area contributed by atoms with Crippen molar-refractivity contribution in [2.75, 3.05) is 10.6 Å². The highest BCUT2D eigenvalue weighted by Gasteiger charge is 2.30. The Kier molecular flexibility index (Phi) is 4.97. The average molecular weight is 413 g/mol. The fourth-order valence-electron chi connectivity index (χ4n) is 2.76. The zero-order valence-corrected chi connectivity index (χ0v) is 15.2. The summed E-state index contributed by atoms with van der Waals surface area (Å²) in [4.78, 5) is 20.8. The average Bonchev–Trinajstić information content (AvgIpc) is 3.13. The fraction of sp³-hybridized carbons (Fsp3) is 0.0500. The Balaban J connectivity index is 1.43. The van der Waals surface area contributed by atoms with Gasteiger partial charge in [-0.05, 0) is 42.5 Å². The van der Waals surface area contributed by atoms with Gasteiger partial charge in [0, 0.05) is 35.5 Å². The van der Waals surface area contributed by atoms with E-state index in [1.54, 1.807) is 34.9 Å². The van der Waals surface area contributed by atoms with Crippen LogP contribution < -0.4 is 15.4 Å². The molecule has 2 amide bonds. The largest absolute Gasteiger partial charge is 0.573 e. The number of alkyl halides is 3. The van der Waals surface area contributed by atoms with Crippen LogP contribution in [0.3, 0.4) is 0 Å². The highest BCUT2D eigenvalue weighted by molar-refractivity contribution is 6.00. The Bertz CT molecular complexity index is 1160. The minimum atomic E-state index is -4.77. The van der Waals surface area contributed by atoms with Gasteiger partial charge >= 0.3 is 12.4 Å². The van der Waals surface area contributed by atoms with Crippen LogP contribution in [0.1, 0.15) is 0 Å². The maximum atomic E-state index is 12.2. The summed E-state index contributed by atoms with van der Waals surface area (Å²) in [6.45, 7) is 0. The first-order valence-electron chi connectivity index (χ1n) is 8.70. The van der Waals surface area contributed by atoms with E-state index in [1.165, 1.54) is 12.1 Å². The first kappa shape index (κ1) is 19.2. The standard InChI is InChI=1S/C20H14F3N5O2/c21-20(22,23)30-16-7-5-14(6-8-16)25-19(29)26-15-4-1-3-13(11-15)17-12-28-10-2-9-24-18(28)27-17/h1-12H,(H2,25,26,29). The number of fused-ring (bicyclic) bond motifs is 1. The van der Waals surface area contributed by atoms with Crippen molar-refractivity contribution in [2.45, 2.75) is 6.36 Å². The summed E-state index contributed by atoms with van der Waals surface area (Å²) < 4.78 is 42.2. The molecule has 0 bridgehead atoms. The predicted octanol–water partition coefficient (Wildman–Crippen LogP) is 4.94. The first-order chi connectivity index (χ1) is 14.4. The molecule has 2 aromatic carbocycles. The fourth-order valence-corrected chi connectivity index (χ4v) is 2.76. The number of nitrogens with one attached hydrogen (secondary N) is 2. The second-order valence-corrected chi connectivity index (χ2v) is 6.19. The maximum absolute atomic E-state index is 12.2. The monoisotopic (exact) mass is 413 g/mol. The number of hydrogen-bond acceptors (Lipinski definition) is 4. The first-order valence-corrected chi connectivity index (χ1v) is 8.70. The number of anilines is 2. The number of nitrogens with zero attached hydrogens (tertiary/aromatic N) is 3.